The highest BCUT2D eigenvalue weighted by molar-refractivity contribution is 7.99. The van der Waals surface area contributed by atoms with Crippen LogP contribution in [0.5, 0.6) is 0 Å². The van der Waals surface area contributed by atoms with Crippen molar-refractivity contribution in [2.24, 2.45) is 0 Å². The molecule has 0 aliphatic heterocycles. The topological polar surface area (TPSA) is 69.7 Å². The first-order valence-electron chi connectivity index (χ1n) is 5.37. The van der Waals surface area contributed by atoms with Crippen LogP contribution < -0.4 is 5.32 Å². The summed E-state index contributed by atoms with van der Waals surface area (Å²) in [5, 5.41) is 11.8. The van der Waals surface area contributed by atoms with Crippen LogP contribution in [0.3, 0.4) is 0 Å². The van der Waals surface area contributed by atoms with Gasteiger partial charge in [-0.2, -0.15) is 10.1 Å². The molecule has 2 N–H and O–H groups in total. The van der Waals surface area contributed by atoms with Crippen LogP contribution in [0.2, 0.25) is 0 Å². The van der Waals surface area contributed by atoms with Gasteiger partial charge in [-0.25, -0.2) is 4.98 Å². The largest absolute Gasteiger partial charge is 0.357 e. The van der Waals surface area contributed by atoms with Crippen LogP contribution >= 0.6 is 11.8 Å². The van der Waals surface area contributed by atoms with Gasteiger partial charge in [0.1, 0.15) is 5.03 Å². The normalized spacial score (nSPS) is 11.3. The maximum Gasteiger partial charge on any atom is 0.225 e. The van der Waals surface area contributed by atoms with Gasteiger partial charge >= 0.3 is 0 Å². The number of thioether (sulfide) groups is 1. The quantitative estimate of drug-likeness (QED) is 0.612. The molecule has 92 valence electrons. The number of hydrogen-bond acceptors (Lipinski definition) is 6. The highest BCUT2D eigenvalue weighted by Gasteiger charge is 2.09. The van der Waals surface area contributed by atoms with Crippen molar-refractivity contribution in [3.8, 4) is 0 Å². The standard InChI is InChI=1S/C10H16N6S/c1-11-10-13-8-7(6-12-15-8)9(14-10)17-5-4-16(2)3/h6H,4-5H2,1-3H3,(H2,11,12,13,14,15). The first-order chi connectivity index (χ1) is 8.20. The van der Waals surface area contributed by atoms with Gasteiger partial charge in [-0.3, -0.25) is 5.10 Å². The Bertz CT molecular complexity index is 495. The minimum absolute atomic E-state index is 0.620. The molecule has 0 aliphatic carbocycles. The molecule has 2 aromatic heterocycles. The molecule has 6 nitrogen and oxygen atoms in total. The number of nitrogens with zero attached hydrogens (tertiary/aromatic N) is 4. The zero-order valence-electron chi connectivity index (χ0n) is 10.2. The fourth-order valence-electron chi connectivity index (χ4n) is 1.36. The van der Waals surface area contributed by atoms with Crippen molar-refractivity contribution in [1.29, 1.82) is 0 Å². The first-order valence-corrected chi connectivity index (χ1v) is 6.35. The smallest absolute Gasteiger partial charge is 0.225 e. The van der Waals surface area contributed by atoms with E-state index in [-0.39, 0.29) is 0 Å². The highest BCUT2D eigenvalue weighted by Crippen LogP contribution is 2.24. The highest BCUT2D eigenvalue weighted by atomic mass is 32.2. The summed E-state index contributed by atoms with van der Waals surface area (Å²) in [6.45, 7) is 1.02. The summed E-state index contributed by atoms with van der Waals surface area (Å²) in [6.07, 6.45) is 1.77. The molecule has 0 aliphatic rings. The zero-order valence-corrected chi connectivity index (χ0v) is 11.0. The third-order valence-corrected chi connectivity index (χ3v) is 3.25. The van der Waals surface area contributed by atoms with Crippen molar-refractivity contribution >= 4 is 28.7 Å². The molecule has 2 rings (SSSR count). The monoisotopic (exact) mass is 252 g/mol. The van der Waals surface area contributed by atoms with Crippen LogP contribution in [-0.2, 0) is 0 Å². The van der Waals surface area contributed by atoms with Gasteiger partial charge in [0.25, 0.3) is 0 Å². The number of aromatic amines is 1. The van der Waals surface area contributed by atoms with E-state index >= 15 is 0 Å². The van der Waals surface area contributed by atoms with E-state index < -0.39 is 0 Å². The van der Waals surface area contributed by atoms with E-state index in [0.29, 0.717) is 5.95 Å². The van der Waals surface area contributed by atoms with E-state index in [0.717, 1.165) is 28.4 Å². The number of hydrogen-bond donors (Lipinski definition) is 2. The Morgan fingerprint density at radius 2 is 2.24 bits per heavy atom. The molecular weight excluding hydrogens is 236 g/mol. The fourth-order valence-corrected chi connectivity index (χ4v) is 2.46. The van der Waals surface area contributed by atoms with Gasteiger partial charge < -0.3 is 10.2 Å². The molecule has 7 heteroatoms. The Morgan fingerprint density at radius 3 is 2.94 bits per heavy atom. The van der Waals surface area contributed by atoms with Crippen molar-refractivity contribution in [2.45, 2.75) is 5.03 Å². The van der Waals surface area contributed by atoms with Crippen molar-refractivity contribution < 1.29 is 0 Å². The molecule has 0 fully saturated rings. The zero-order chi connectivity index (χ0) is 12.3. The Balaban J connectivity index is 2.21. The molecular formula is C10H16N6S. The maximum atomic E-state index is 4.45. The molecule has 0 unspecified atom stereocenters. The van der Waals surface area contributed by atoms with Gasteiger partial charge in [-0.05, 0) is 14.1 Å². The van der Waals surface area contributed by atoms with Gasteiger partial charge in [0.15, 0.2) is 5.65 Å². The minimum Gasteiger partial charge on any atom is -0.357 e. The second-order valence-corrected chi connectivity index (χ2v) is 4.97. The van der Waals surface area contributed by atoms with Gasteiger partial charge in [0.05, 0.1) is 11.6 Å². The third-order valence-electron chi connectivity index (χ3n) is 2.28. The van der Waals surface area contributed by atoms with Gasteiger partial charge in [-0.15, -0.1) is 11.8 Å². The van der Waals surface area contributed by atoms with Gasteiger partial charge in [-0.1, -0.05) is 0 Å². The molecule has 0 atom stereocenters. The fraction of sp³-hybridized carbons (Fsp3) is 0.500. The average Bonchev–Trinajstić information content (AvgIpc) is 2.76. The van der Waals surface area contributed by atoms with Crippen molar-refractivity contribution in [1.82, 2.24) is 25.1 Å². The lowest BCUT2D eigenvalue weighted by atomic mass is 10.4. The molecule has 0 amide bonds. The molecule has 17 heavy (non-hydrogen) atoms. The Labute approximate surface area is 104 Å². The molecule has 0 bridgehead atoms. The summed E-state index contributed by atoms with van der Waals surface area (Å²) >= 11 is 1.72. The number of H-pyrrole nitrogens is 1. The van der Waals surface area contributed by atoms with Gasteiger partial charge in [0.2, 0.25) is 5.95 Å². The molecule has 2 heterocycles. The summed E-state index contributed by atoms with van der Waals surface area (Å²) in [7, 11) is 5.94. The van der Waals surface area contributed by atoms with Crippen LogP contribution in [0, 0.1) is 0 Å². The van der Waals surface area contributed by atoms with E-state index in [2.05, 4.69) is 44.5 Å². The number of fused-ring (bicyclic) bond motifs is 1. The second kappa shape index (κ2) is 5.33. The second-order valence-electron chi connectivity index (χ2n) is 3.89. The molecule has 0 saturated carbocycles. The Hall–Kier alpha value is -1.34. The SMILES string of the molecule is CNc1nc(SCCN(C)C)c2cn[nH]c2n1. The summed E-state index contributed by atoms with van der Waals surface area (Å²) in [4.78, 5) is 10.9. The van der Waals surface area contributed by atoms with Crippen molar-refractivity contribution in [2.75, 3.05) is 38.8 Å². The number of aromatic nitrogens is 4. The minimum atomic E-state index is 0.620. The Morgan fingerprint density at radius 1 is 1.41 bits per heavy atom. The lowest BCUT2D eigenvalue weighted by Gasteiger charge is -2.09. The van der Waals surface area contributed by atoms with Gasteiger partial charge in [0, 0.05) is 19.3 Å². The van der Waals surface area contributed by atoms with E-state index in [4.69, 9.17) is 0 Å². The van der Waals surface area contributed by atoms with E-state index in [1.807, 2.05) is 7.05 Å². The summed E-state index contributed by atoms with van der Waals surface area (Å²) in [5.74, 6) is 1.61. The molecule has 0 aromatic carbocycles. The average molecular weight is 252 g/mol. The predicted octanol–water partition coefficient (Wildman–Crippen LogP) is 1.05. The molecule has 2 aromatic rings. The van der Waals surface area contributed by atoms with Crippen molar-refractivity contribution in [3.63, 3.8) is 0 Å². The molecule has 0 saturated heterocycles. The van der Waals surface area contributed by atoms with Crippen LogP contribution in [0.1, 0.15) is 0 Å². The van der Waals surface area contributed by atoms with Crippen molar-refractivity contribution in [3.05, 3.63) is 6.20 Å². The number of rotatable bonds is 5. The summed E-state index contributed by atoms with van der Waals surface area (Å²) in [5.41, 5.74) is 0.775. The number of anilines is 1. The lowest BCUT2D eigenvalue weighted by molar-refractivity contribution is 0.437. The Kier molecular flexibility index (Phi) is 3.80. The summed E-state index contributed by atoms with van der Waals surface area (Å²) in [6, 6.07) is 0. The van der Waals surface area contributed by atoms with Crippen LogP contribution in [0.15, 0.2) is 11.2 Å². The number of nitrogens with one attached hydrogen (secondary N) is 2. The van der Waals surface area contributed by atoms with E-state index in [1.54, 1.807) is 18.0 Å². The van der Waals surface area contributed by atoms with E-state index in [1.165, 1.54) is 0 Å². The predicted molar refractivity (Wildman–Crippen MR) is 70.5 cm³/mol. The third kappa shape index (κ3) is 2.86. The maximum absolute atomic E-state index is 4.45. The summed E-state index contributed by atoms with van der Waals surface area (Å²) < 4.78 is 0. The molecule has 0 spiro atoms. The first kappa shape index (κ1) is 12.1. The van der Waals surface area contributed by atoms with Crippen LogP contribution in [0.4, 0.5) is 5.95 Å². The van der Waals surface area contributed by atoms with Crippen LogP contribution in [0.25, 0.3) is 11.0 Å². The molecule has 0 radical (unpaired) electrons. The van der Waals surface area contributed by atoms with E-state index in [9.17, 15) is 0 Å². The van der Waals surface area contributed by atoms with Crippen LogP contribution in [-0.4, -0.2) is 58.5 Å². The lowest BCUT2D eigenvalue weighted by Crippen LogP contribution is -2.14.